The van der Waals surface area contributed by atoms with Gasteiger partial charge in [-0.1, -0.05) is 43.3 Å². The van der Waals surface area contributed by atoms with Gasteiger partial charge in [0.2, 0.25) is 0 Å². The summed E-state index contributed by atoms with van der Waals surface area (Å²) in [6.07, 6.45) is 1.63. The van der Waals surface area contributed by atoms with Gasteiger partial charge in [0.15, 0.2) is 0 Å². The maximum Gasteiger partial charge on any atom is 0.303 e. The lowest BCUT2D eigenvalue weighted by atomic mass is 10.00. The first-order valence-electron chi connectivity index (χ1n) is 7.23. The minimum atomic E-state index is -0.775. The highest BCUT2D eigenvalue weighted by molar-refractivity contribution is 5.72. The van der Waals surface area contributed by atoms with Gasteiger partial charge in [-0.05, 0) is 36.1 Å². The predicted octanol–water partition coefficient (Wildman–Crippen LogP) is 4.16. The molecule has 0 heterocycles. The number of benzene rings is 2. The van der Waals surface area contributed by atoms with Gasteiger partial charge >= 0.3 is 5.97 Å². The number of hydrogen-bond donors (Lipinski definition) is 1. The van der Waals surface area contributed by atoms with Gasteiger partial charge in [0.25, 0.3) is 0 Å². The molecule has 3 nitrogen and oxygen atoms in total. The molecule has 3 heteroatoms. The van der Waals surface area contributed by atoms with Gasteiger partial charge in [0.1, 0.15) is 5.75 Å². The number of aliphatic carboxylic acids is 1. The van der Waals surface area contributed by atoms with E-state index >= 15 is 0 Å². The van der Waals surface area contributed by atoms with Crippen molar-refractivity contribution in [3.8, 4) is 16.9 Å². The number of ether oxygens (including phenoxy) is 1. The van der Waals surface area contributed by atoms with E-state index in [4.69, 9.17) is 9.84 Å². The summed E-state index contributed by atoms with van der Waals surface area (Å²) >= 11 is 0. The summed E-state index contributed by atoms with van der Waals surface area (Å²) in [7, 11) is 0. The molecule has 1 N–H and O–H groups in total. The minimum Gasteiger partial charge on any atom is -0.493 e. The zero-order chi connectivity index (χ0) is 15.1. The van der Waals surface area contributed by atoms with Crippen molar-refractivity contribution in [2.24, 2.45) is 0 Å². The summed E-state index contributed by atoms with van der Waals surface area (Å²) in [5.41, 5.74) is 3.12. The Balaban J connectivity index is 2.31. The first-order chi connectivity index (χ1) is 10.2. The molecule has 0 saturated carbocycles. The Kier molecular flexibility index (Phi) is 5.38. The summed E-state index contributed by atoms with van der Waals surface area (Å²) < 4.78 is 5.80. The van der Waals surface area contributed by atoms with Crippen LogP contribution in [0.3, 0.4) is 0 Å². The van der Waals surface area contributed by atoms with Crippen LogP contribution in [0.4, 0.5) is 0 Å². The quantitative estimate of drug-likeness (QED) is 0.830. The summed E-state index contributed by atoms with van der Waals surface area (Å²) in [5.74, 6) is 0.0738. The highest BCUT2D eigenvalue weighted by Gasteiger charge is 2.08. The van der Waals surface area contributed by atoms with Crippen LogP contribution in [-0.2, 0) is 11.2 Å². The van der Waals surface area contributed by atoms with Gasteiger partial charge in [-0.25, -0.2) is 0 Å². The number of carboxylic acids is 1. The third kappa shape index (κ3) is 4.35. The number of carboxylic acid groups (broad SMARTS) is 1. The molecule has 0 radical (unpaired) electrons. The molecule has 0 fully saturated rings. The topological polar surface area (TPSA) is 46.5 Å². The predicted molar refractivity (Wildman–Crippen MR) is 83.6 cm³/mol. The van der Waals surface area contributed by atoms with Gasteiger partial charge < -0.3 is 9.84 Å². The highest BCUT2D eigenvalue weighted by Crippen LogP contribution is 2.31. The van der Waals surface area contributed by atoms with Crippen molar-refractivity contribution < 1.29 is 14.6 Å². The lowest BCUT2D eigenvalue weighted by molar-refractivity contribution is -0.136. The molecule has 0 aliphatic rings. The van der Waals surface area contributed by atoms with Crippen molar-refractivity contribution in [3.05, 3.63) is 54.1 Å². The average Bonchev–Trinajstić information content (AvgIpc) is 2.52. The lowest BCUT2D eigenvalue weighted by Crippen LogP contribution is -2.00. The number of hydrogen-bond acceptors (Lipinski definition) is 2. The first kappa shape index (κ1) is 15.1. The smallest absolute Gasteiger partial charge is 0.303 e. The Bertz CT molecular complexity index is 591. The number of carbonyl (C=O) groups is 1. The molecule has 0 atom stereocenters. The third-order valence-corrected chi connectivity index (χ3v) is 3.22. The van der Waals surface area contributed by atoms with Crippen LogP contribution in [0.15, 0.2) is 48.5 Å². The molecule has 0 amide bonds. The van der Waals surface area contributed by atoms with E-state index in [1.165, 1.54) is 0 Å². The molecule has 2 aromatic carbocycles. The molecule has 0 aliphatic heterocycles. The Morgan fingerprint density at radius 3 is 2.57 bits per heavy atom. The number of aryl methyl sites for hydroxylation is 1. The standard InChI is InChI=1S/C18H20O3/c1-2-12-21-17-10-8-14(9-11-18(19)20)13-16(17)15-6-4-3-5-7-15/h3-8,10,13H,2,9,11-12H2,1H3,(H,19,20). The van der Waals surface area contributed by atoms with Crippen LogP contribution in [0.1, 0.15) is 25.3 Å². The van der Waals surface area contributed by atoms with E-state index < -0.39 is 5.97 Å². The molecule has 0 aliphatic carbocycles. The molecule has 2 rings (SSSR count). The third-order valence-electron chi connectivity index (χ3n) is 3.22. The van der Waals surface area contributed by atoms with Crippen molar-refractivity contribution in [1.82, 2.24) is 0 Å². The van der Waals surface area contributed by atoms with Crippen LogP contribution in [0, 0.1) is 0 Å². The molecule has 0 spiro atoms. The van der Waals surface area contributed by atoms with Crippen molar-refractivity contribution in [3.63, 3.8) is 0 Å². The monoisotopic (exact) mass is 284 g/mol. The molecule has 0 bridgehead atoms. The highest BCUT2D eigenvalue weighted by atomic mass is 16.5. The maximum absolute atomic E-state index is 10.7. The van der Waals surface area contributed by atoms with Gasteiger partial charge in [-0.2, -0.15) is 0 Å². The zero-order valence-corrected chi connectivity index (χ0v) is 12.2. The Labute approximate surface area is 125 Å². The molecule has 0 saturated heterocycles. The molecule has 110 valence electrons. The van der Waals surface area contributed by atoms with E-state index in [1.807, 2.05) is 48.5 Å². The summed E-state index contributed by atoms with van der Waals surface area (Å²) in [6.45, 7) is 2.75. The SMILES string of the molecule is CCCOc1ccc(CCC(=O)O)cc1-c1ccccc1. The second-order valence-corrected chi connectivity index (χ2v) is 4.94. The van der Waals surface area contributed by atoms with Crippen LogP contribution < -0.4 is 4.74 Å². The van der Waals surface area contributed by atoms with Crippen molar-refractivity contribution in [2.75, 3.05) is 6.61 Å². The van der Waals surface area contributed by atoms with E-state index in [0.717, 1.165) is 28.9 Å². The molecular formula is C18H20O3. The van der Waals surface area contributed by atoms with Crippen LogP contribution in [0.2, 0.25) is 0 Å². The van der Waals surface area contributed by atoms with Crippen molar-refractivity contribution in [1.29, 1.82) is 0 Å². The Morgan fingerprint density at radius 2 is 1.90 bits per heavy atom. The molecule has 0 aromatic heterocycles. The second kappa shape index (κ2) is 7.48. The van der Waals surface area contributed by atoms with Gasteiger partial charge in [0, 0.05) is 12.0 Å². The summed E-state index contributed by atoms with van der Waals surface area (Å²) in [4.78, 5) is 10.7. The fourth-order valence-corrected chi connectivity index (χ4v) is 2.17. The second-order valence-electron chi connectivity index (χ2n) is 4.94. The number of rotatable bonds is 7. The van der Waals surface area contributed by atoms with E-state index in [2.05, 4.69) is 6.92 Å². The summed E-state index contributed by atoms with van der Waals surface area (Å²) in [6, 6.07) is 15.9. The van der Waals surface area contributed by atoms with E-state index in [9.17, 15) is 4.79 Å². The van der Waals surface area contributed by atoms with Crippen LogP contribution in [0.25, 0.3) is 11.1 Å². The van der Waals surface area contributed by atoms with Crippen molar-refractivity contribution >= 4 is 5.97 Å². The van der Waals surface area contributed by atoms with Crippen molar-refractivity contribution in [2.45, 2.75) is 26.2 Å². The summed E-state index contributed by atoms with van der Waals surface area (Å²) in [5, 5.41) is 8.81. The fourth-order valence-electron chi connectivity index (χ4n) is 2.17. The van der Waals surface area contributed by atoms with Crippen LogP contribution in [0.5, 0.6) is 5.75 Å². The Hall–Kier alpha value is -2.29. The van der Waals surface area contributed by atoms with E-state index in [-0.39, 0.29) is 6.42 Å². The Morgan fingerprint density at radius 1 is 1.14 bits per heavy atom. The fraction of sp³-hybridized carbons (Fsp3) is 0.278. The van der Waals surface area contributed by atoms with Gasteiger partial charge in [-0.15, -0.1) is 0 Å². The van der Waals surface area contributed by atoms with Gasteiger partial charge in [-0.3, -0.25) is 4.79 Å². The zero-order valence-electron chi connectivity index (χ0n) is 12.2. The lowest BCUT2D eigenvalue weighted by Gasteiger charge is -2.13. The maximum atomic E-state index is 10.7. The van der Waals surface area contributed by atoms with Gasteiger partial charge in [0.05, 0.1) is 6.61 Å². The normalized spacial score (nSPS) is 10.3. The molecule has 2 aromatic rings. The molecule has 21 heavy (non-hydrogen) atoms. The molecular weight excluding hydrogens is 264 g/mol. The first-order valence-corrected chi connectivity index (χ1v) is 7.23. The van der Waals surface area contributed by atoms with Crippen LogP contribution >= 0.6 is 0 Å². The van der Waals surface area contributed by atoms with E-state index in [0.29, 0.717) is 13.0 Å². The minimum absolute atomic E-state index is 0.142. The largest absolute Gasteiger partial charge is 0.493 e. The molecule has 0 unspecified atom stereocenters. The van der Waals surface area contributed by atoms with E-state index in [1.54, 1.807) is 0 Å². The van der Waals surface area contributed by atoms with Crippen LogP contribution in [-0.4, -0.2) is 17.7 Å². The average molecular weight is 284 g/mol.